The zero-order valence-corrected chi connectivity index (χ0v) is 20.2. The number of carbonyl (C=O) groups is 2. The van der Waals surface area contributed by atoms with Gasteiger partial charge in [0.2, 0.25) is 11.8 Å². The summed E-state index contributed by atoms with van der Waals surface area (Å²) in [6.07, 6.45) is 3.32. The third-order valence-electron chi connectivity index (χ3n) is 6.33. The van der Waals surface area contributed by atoms with E-state index in [1.54, 1.807) is 36.4 Å². The highest BCUT2D eigenvalue weighted by Gasteiger charge is 2.32. The first-order valence-corrected chi connectivity index (χ1v) is 11.6. The Hall–Kier alpha value is -3.79. The summed E-state index contributed by atoms with van der Waals surface area (Å²) in [6.45, 7) is 8.73. The van der Waals surface area contributed by atoms with Gasteiger partial charge < -0.3 is 25.4 Å². The number of hydrogen-bond acceptors (Lipinski definition) is 9. The van der Waals surface area contributed by atoms with E-state index in [0.29, 0.717) is 48.5 Å². The van der Waals surface area contributed by atoms with E-state index in [2.05, 4.69) is 20.3 Å². The Kier molecular flexibility index (Phi) is 5.55. The zero-order chi connectivity index (χ0) is 24.9. The average molecular weight is 477 g/mol. The van der Waals surface area contributed by atoms with Crippen molar-refractivity contribution >= 4 is 34.3 Å². The maximum atomic E-state index is 12.0. The van der Waals surface area contributed by atoms with Gasteiger partial charge in [-0.1, -0.05) is 6.92 Å². The van der Waals surface area contributed by atoms with Crippen molar-refractivity contribution in [1.29, 1.82) is 0 Å². The van der Waals surface area contributed by atoms with Gasteiger partial charge in [0.1, 0.15) is 17.7 Å². The predicted octanol–water partition coefficient (Wildman–Crippen LogP) is 2.85. The summed E-state index contributed by atoms with van der Waals surface area (Å²) in [6, 6.07) is 5.35. The van der Waals surface area contributed by atoms with Crippen LogP contribution in [0.3, 0.4) is 0 Å². The number of fused-ring (bicyclic) bond motifs is 2. The SMILES string of the molecule is CC(=O)N1CC(Oc2ncc(C(C)(C)N)c3cc(Nc4ccc5c(n4)[C@H](C)COC5=O)ncc23)C1. The van der Waals surface area contributed by atoms with E-state index < -0.39 is 5.54 Å². The number of anilines is 2. The number of ether oxygens (including phenoxy) is 2. The third kappa shape index (κ3) is 4.37. The Balaban J connectivity index is 1.47. The fraction of sp³-hybridized carbons (Fsp3) is 0.400. The molecule has 1 saturated heterocycles. The minimum absolute atomic E-state index is 0.00914. The standard InChI is InChI=1S/C25H28N6O4/c1-13-12-34-24(33)16-5-6-20(30-22(13)16)29-21-7-17-18(8-27-21)23(28-9-19(17)25(3,4)26)35-15-10-31(11-15)14(2)32/h5-9,13,15H,10-12,26H2,1-4H3,(H,27,29,30)/t13-/m1/s1. The van der Waals surface area contributed by atoms with Crippen LogP contribution in [-0.2, 0) is 15.1 Å². The number of nitrogens with two attached hydrogens (primary N) is 1. The van der Waals surface area contributed by atoms with Crippen LogP contribution >= 0.6 is 0 Å². The van der Waals surface area contributed by atoms with Gasteiger partial charge in [0, 0.05) is 30.8 Å². The number of nitrogens with zero attached hydrogens (tertiary/aromatic N) is 4. The molecule has 2 aliphatic heterocycles. The third-order valence-corrected chi connectivity index (χ3v) is 6.33. The van der Waals surface area contributed by atoms with Gasteiger partial charge in [0.25, 0.3) is 0 Å². The van der Waals surface area contributed by atoms with Crippen LogP contribution in [0, 0.1) is 0 Å². The molecule has 10 nitrogen and oxygen atoms in total. The monoisotopic (exact) mass is 476 g/mol. The molecular formula is C25H28N6O4. The molecule has 0 saturated carbocycles. The predicted molar refractivity (Wildman–Crippen MR) is 130 cm³/mol. The fourth-order valence-corrected chi connectivity index (χ4v) is 4.30. The van der Waals surface area contributed by atoms with Crippen LogP contribution in [0.4, 0.5) is 11.6 Å². The van der Waals surface area contributed by atoms with Crippen LogP contribution in [0.1, 0.15) is 55.2 Å². The minimum atomic E-state index is -0.649. The van der Waals surface area contributed by atoms with E-state index in [-0.39, 0.29) is 23.9 Å². The molecule has 182 valence electrons. The number of carbonyl (C=O) groups excluding carboxylic acids is 2. The number of likely N-dealkylation sites (tertiary alicyclic amines) is 1. The van der Waals surface area contributed by atoms with Gasteiger partial charge in [-0.3, -0.25) is 4.79 Å². The van der Waals surface area contributed by atoms with E-state index in [0.717, 1.165) is 16.3 Å². The highest BCUT2D eigenvalue weighted by atomic mass is 16.5. The summed E-state index contributed by atoms with van der Waals surface area (Å²) in [7, 11) is 0. The van der Waals surface area contributed by atoms with Crippen molar-refractivity contribution in [1.82, 2.24) is 19.9 Å². The van der Waals surface area contributed by atoms with E-state index in [4.69, 9.17) is 15.2 Å². The van der Waals surface area contributed by atoms with Crippen LogP contribution in [-0.4, -0.2) is 57.5 Å². The molecule has 3 N–H and O–H groups in total. The van der Waals surface area contributed by atoms with Crippen molar-refractivity contribution in [2.45, 2.75) is 45.3 Å². The second kappa shape index (κ2) is 8.46. The number of esters is 1. The Bertz CT molecular complexity index is 1330. The number of aromatic nitrogens is 3. The van der Waals surface area contributed by atoms with Crippen molar-refractivity contribution in [3.63, 3.8) is 0 Å². The molecule has 3 aromatic rings. The van der Waals surface area contributed by atoms with Gasteiger partial charge in [-0.2, -0.15) is 0 Å². The Morgan fingerprint density at radius 1 is 1.20 bits per heavy atom. The molecule has 5 rings (SSSR count). The van der Waals surface area contributed by atoms with E-state index in [9.17, 15) is 9.59 Å². The van der Waals surface area contributed by atoms with Gasteiger partial charge in [-0.05, 0) is 43.0 Å². The van der Waals surface area contributed by atoms with Crippen LogP contribution in [0.25, 0.3) is 10.8 Å². The number of rotatable bonds is 5. The summed E-state index contributed by atoms with van der Waals surface area (Å²) < 4.78 is 11.3. The molecule has 0 aromatic carbocycles. The quantitative estimate of drug-likeness (QED) is 0.533. The Morgan fingerprint density at radius 3 is 2.69 bits per heavy atom. The number of amides is 1. The van der Waals surface area contributed by atoms with Gasteiger partial charge in [-0.15, -0.1) is 0 Å². The minimum Gasteiger partial charge on any atom is -0.470 e. The van der Waals surface area contributed by atoms with Gasteiger partial charge >= 0.3 is 5.97 Å². The zero-order valence-electron chi connectivity index (χ0n) is 20.2. The molecule has 35 heavy (non-hydrogen) atoms. The molecule has 0 bridgehead atoms. The average Bonchev–Trinajstić information content (AvgIpc) is 2.77. The lowest BCUT2D eigenvalue weighted by molar-refractivity contribution is -0.137. The van der Waals surface area contributed by atoms with Crippen molar-refractivity contribution < 1.29 is 19.1 Å². The summed E-state index contributed by atoms with van der Waals surface area (Å²) in [5.74, 6) is 1.30. The topological polar surface area (TPSA) is 133 Å². The maximum Gasteiger partial charge on any atom is 0.340 e. The molecule has 0 radical (unpaired) electrons. The first kappa shape index (κ1) is 23.0. The van der Waals surface area contributed by atoms with Crippen LogP contribution < -0.4 is 15.8 Å². The molecule has 5 heterocycles. The molecule has 1 atom stereocenters. The maximum absolute atomic E-state index is 12.0. The van der Waals surface area contributed by atoms with Gasteiger partial charge in [0.15, 0.2) is 0 Å². The lowest BCUT2D eigenvalue weighted by Crippen LogP contribution is -2.55. The number of nitrogens with one attached hydrogen (secondary N) is 1. The number of hydrogen-bond donors (Lipinski definition) is 2. The lowest BCUT2D eigenvalue weighted by Gasteiger charge is -2.38. The van der Waals surface area contributed by atoms with Crippen LogP contribution in [0.5, 0.6) is 5.88 Å². The summed E-state index contributed by atoms with van der Waals surface area (Å²) in [4.78, 5) is 38.9. The van der Waals surface area contributed by atoms with E-state index in [1.165, 1.54) is 0 Å². The van der Waals surface area contributed by atoms with Crippen molar-refractivity contribution in [3.8, 4) is 5.88 Å². The molecule has 0 aliphatic carbocycles. The largest absolute Gasteiger partial charge is 0.470 e. The summed E-state index contributed by atoms with van der Waals surface area (Å²) in [5, 5.41) is 4.84. The first-order chi connectivity index (χ1) is 16.6. The molecule has 10 heteroatoms. The normalized spacial score (nSPS) is 18.0. The molecule has 2 aliphatic rings. The highest BCUT2D eigenvalue weighted by Crippen LogP contribution is 2.34. The van der Waals surface area contributed by atoms with Crippen molar-refractivity contribution in [3.05, 3.63) is 47.4 Å². The Labute approximate surface area is 202 Å². The summed E-state index contributed by atoms with van der Waals surface area (Å²) in [5.41, 5.74) is 7.84. The van der Waals surface area contributed by atoms with E-state index >= 15 is 0 Å². The number of pyridine rings is 3. The van der Waals surface area contributed by atoms with Gasteiger partial charge in [-0.25, -0.2) is 19.7 Å². The second-order valence-electron chi connectivity index (χ2n) is 9.73. The van der Waals surface area contributed by atoms with Crippen LogP contribution in [0.15, 0.2) is 30.6 Å². The molecule has 3 aromatic heterocycles. The Morgan fingerprint density at radius 2 is 1.97 bits per heavy atom. The van der Waals surface area contributed by atoms with Crippen molar-refractivity contribution in [2.24, 2.45) is 5.73 Å². The molecule has 1 fully saturated rings. The molecule has 0 spiro atoms. The van der Waals surface area contributed by atoms with E-state index in [1.807, 2.05) is 26.8 Å². The number of cyclic esters (lactones) is 1. The fourth-order valence-electron chi connectivity index (χ4n) is 4.30. The molecule has 0 unspecified atom stereocenters. The van der Waals surface area contributed by atoms with Crippen LogP contribution in [0.2, 0.25) is 0 Å². The smallest absolute Gasteiger partial charge is 0.340 e. The second-order valence-corrected chi connectivity index (χ2v) is 9.73. The first-order valence-electron chi connectivity index (χ1n) is 11.6. The highest BCUT2D eigenvalue weighted by molar-refractivity contribution is 5.93. The van der Waals surface area contributed by atoms with Crippen molar-refractivity contribution in [2.75, 3.05) is 25.0 Å². The summed E-state index contributed by atoms with van der Waals surface area (Å²) >= 11 is 0. The lowest BCUT2D eigenvalue weighted by atomic mass is 9.93. The van der Waals surface area contributed by atoms with Gasteiger partial charge in [0.05, 0.1) is 36.3 Å². The molecule has 1 amide bonds. The molecular weight excluding hydrogens is 448 g/mol.